The minimum Gasteiger partial charge on any atom is -0.493 e. The molecular weight excluding hydrogens is 282 g/mol. The average molecular weight is 299 g/mol. The highest BCUT2D eigenvalue weighted by Gasteiger charge is 2.02. The lowest BCUT2D eigenvalue weighted by Gasteiger charge is -2.07. The number of hydrogen-bond acceptors (Lipinski definition) is 3. The molecule has 1 atom stereocenters. The molecule has 0 saturated carbocycles. The first kappa shape index (κ1) is 15.3. The molecule has 0 heterocycles. The maximum atomic E-state index is 11.9. The van der Waals surface area contributed by atoms with Crippen LogP contribution in [0, 0.1) is 11.3 Å². The molecule has 0 bridgehead atoms. The third-order valence-corrected chi connectivity index (χ3v) is 4.23. The summed E-state index contributed by atoms with van der Waals surface area (Å²) in [4.78, 5) is 0. The number of hydrogen-bond donors (Lipinski definition) is 0. The molecule has 4 heteroatoms. The summed E-state index contributed by atoms with van der Waals surface area (Å²) in [6.45, 7) is 0.428. The Bertz CT molecular complexity index is 617. The van der Waals surface area contributed by atoms with Crippen LogP contribution in [0.2, 0.25) is 0 Å². The molecule has 108 valence electrons. The van der Waals surface area contributed by atoms with Crippen molar-refractivity contribution >= 4 is 10.8 Å². The molecule has 0 amide bonds. The molecule has 21 heavy (non-hydrogen) atoms. The Kier molecular flexibility index (Phi) is 5.99. The van der Waals surface area contributed by atoms with Crippen molar-refractivity contribution in [3.05, 3.63) is 65.7 Å². The number of rotatable bonds is 7. The van der Waals surface area contributed by atoms with Crippen LogP contribution in [0.4, 0.5) is 0 Å². The second kappa shape index (κ2) is 8.23. The highest BCUT2D eigenvalue weighted by molar-refractivity contribution is 7.84. The van der Waals surface area contributed by atoms with Gasteiger partial charge in [0.05, 0.1) is 24.8 Å². The van der Waals surface area contributed by atoms with Gasteiger partial charge in [0, 0.05) is 16.6 Å². The van der Waals surface area contributed by atoms with E-state index in [0.29, 0.717) is 24.5 Å². The Morgan fingerprint density at radius 1 is 1.00 bits per heavy atom. The van der Waals surface area contributed by atoms with Crippen LogP contribution in [0.15, 0.2) is 54.6 Å². The molecule has 3 nitrogen and oxygen atoms in total. The van der Waals surface area contributed by atoms with Gasteiger partial charge in [-0.05, 0) is 23.3 Å². The van der Waals surface area contributed by atoms with Crippen molar-refractivity contribution in [1.82, 2.24) is 0 Å². The van der Waals surface area contributed by atoms with E-state index in [4.69, 9.17) is 10.00 Å². The fourth-order valence-electron chi connectivity index (χ4n) is 1.88. The van der Waals surface area contributed by atoms with E-state index in [-0.39, 0.29) is 0 Å². The van der Waals surface area contributed by atoms with Gasteiger partial charge < -0.3 is 4.74 Å². The maximum absolute atomic E-state index is 11.9. The van der Waals surface area contributed by atoms with Gasteiger partial charge in [-0.1, -0.05) is 42.5 Å². The third kappa shape index (κ3) is 5.41. The van der Waals surface area contributed by atoms with Gasteiger partial charge in [0.1, 0.15) is 5.75 Å². The number of nitrogens with zero attached hydrogens (tertiary/aromatic N) is 1. The lowest BCUT2D eigenvalue weighted by molar-refractivity contribution is 0.342. The Hall–Kier alpha value is -2.12. The van der Waals surface area contributed by atoms with Crippen LogP contribution in [-0.4, -0.2) is 16.6 Å². The highest BCUT2D eigenvalue weighted by Crippen LogP contribution is 2.12. The first-order valence-corrected chi connectivity index (χ1v) is 8.24. The van der Waals surface area contributed by atoms with Gasteiger partial charge in [-0.15, -0.1) is 0 Å². The molecule has 0 radical (unpaired) electrons. The van der Waals surface area contributed by atoms with Crippen molar-refractivity contribution in [1.29, 1.82) is 5.26 Å². The van der Waals surface area contributed by atoms with Crippen molar-refractivity contribution in [3.8, 4) is 11.8 Å². The average Bonchev–Trinajstić information content (AvgIpc) is 2.50. The summed E-state index contributed by atoms with van der Waals surface area (Å²) in [5.74, 6) is 1.81. The maximum Gasteiger partial charge on any atom is 0.119 e. The fourth-order valence-corrected chi connectivity index (χ4v) is 2.86. The van der Waals surface area contributed by atoms with E-state index in [1.165, 1.54) is 0 Å². The molecule has 0 N–H and O–H groups in total. The fraction of sp³-hybridized carbons (Fsp3) is 0.235. The lowest BCUT2D eigenvalue weighted by Crippen LogP contribution is -2.10. The zero-order valence-electron chi connectivity index (χ0n) is 11.7. The van der Waals surface area contributed by atoms with Crippen LogP contribution in [0.1, 0.15) is 11.1 Å². The molecule has 0 aromatic heterocycles. The van der Waals surface area contributed by atoms with Crippen LogP contribution < -0.4 is 4.74 Å². The minimum atomic E-state index is -0.920. The first-order chi connectivity index (χ1) is 10.3. The number of ether oxygens (including phenoxy) is 1. The molecule has 0 aliphatic rings. The van der Waals surface area contributed by atoms with E-state index in [0.717, 1.165) is 16.9 Å². The quantitative estimate of drug-likeness (QED) is 0.789. The van der Waals surface area contributed by atoms with Crippen LogP contribution in [0.25, 0.3) is 0 Å². The summed E-state index contributed by atoms with van der Waals surface area (Å²) in [7, 11) is -0.920. The molecule has 0 spiro atoms. The number of nitriles is 1. The zero-order valence-corrected chi connectivity index (χ0v) is 12.5. The molecule has 2 aromatic carbocycles. The van der Waals surface area contributed by atoms with Gasteiger partial charge in [0.25, 0.3) is 0 Å². The Morgan fingerprint density at radius 3 is 2.38 bits per heavy atom. The lowest BCUT2D eigenvalue weighted by atomic mass is 10.2. The molecular formula is C17H17NO2S. The zero-order chi connectivity index (χ0) is 14.9. The summed E-state index contributed by atoms with van der Waals surface area (Å²) in [5.41, 5.74) is 2.05. The normalized spacial score (nSPS) is 11.6. The van der Waals surface area contributed by atoms with Gasteiger partial charge in [0.15, 0.2) is 0 Å². The minimum absolute atomic E-state index is 0.404. The predicted molar refractivity (Wildman–Crippen MR) is 84.4 cm³/mol. The van der Waals surface area contributed by atoms with Gasteiger partial charge in [-0.25, -0.2) is 0 Å². The smallest absolute Gasteiger partial charge is 0.119 e. The third-order valence-electron chi connectivity index (χ3n) is 2.96. The van der Waals surface area contributed by atoms with E-state index < -0.39 is 10.8 Å². The summed E-state index contributed by atoms with van der Waals surface area (Å²) in [6, 6.07) is 19.3. The van der Waals surface area contributed by atoms with Crippen molar-refractivity contribution < 1.29 is 8.95 Å². The summed E-state index contributed by atoms with van der Waals surface area (Å²) in [6.07, 6.45) is 0.404. The Balaban J connectivity index is 1.74. The second-order valence-electron chi connectivity index (χ2n) is 4.60. The molecule has 2 aromatic rings. The van der Waals surface area contributed by atoms with E-state index in [1.54, 1.807) is 0 Å². The SMILES string of the molecule is N#CCc1ccc(OCCS(=O)Cc2ccccc2)cc1. The van der Waals surface area contributed by atoms with Crippen LogP contribution in [-0.2, 0) is 23.0 Å². The largest absolute Gasteiger partial charge is 0.493 e. The Labute approximate surface area is 127 Å². The van der Waals surface area contributed by atoms with Crippen LogP contribution in [0.3, 0.4) is 0 Å². The van der Waals surface area contributed by atoms with Crippen LogP contribution in [0.5, 0.6) is 5.75 Å². The highest BCUT2D eigenvalue weighted by atomic mass is 32.2. The van der Waals surface area contributed by atoms with Crippen molar-refractivity contribution in [2.45, 2.75) is 12.2 Å². The molecule has 1 unspecified atom stereocenters. The predicted octanol–water partition coefficient (Wildman–Crippen LogP) is 3.08. The summed E-state index contributed by atoms with van der Waals surface area (Å²) in [5, 5.41) is 8.60. The first-order valence-electron chi connectivity index (χ1n) is 6.75. The van der Waals surface area contributed by atoms with Gasteiger partial charge in [-0.2, -0.15) is 5.26 Å². The van der Waals surface area contributed by atoms with Crippen molar-refractivity contribution in [2.75, 3.05) is 12.4 Å². The second-order valence-corrected chi connectivity index (χ2v) is 6.18. The monoisotopic (exact) mass is 299 g/mol. The van der Waals surface area contributed by atoms with E-state index in [9.17, 15) is 4.21 Å². The molecule has 0 fully saturated rings. The van der Waals surface area contributed by atoms with Crippen molar-refractivity contribution in [3.63, 3.8) is 0 Å². The number of benzene rings is 2. The van der Waals surface area contributed by atoms with E-state index >= 15 is 0 Å². The summed E-state index contributed by atoms with van der Waals surface area (Å²) >= 11 is 0. The molecule has 0 aliphatic carbocycles. The molecule has 2 rings (SSSR count). The van der Waals surface area contributed by atoms with E-state index in [1.807, 2.05) is 54.6 Å². The van der Waals surface area contributed by atoms with Gasteiger partial charge in [0.2, 0.25) is 0 Å². The Morgan fingerprint density at radius 2 is 1.71 bits per heavy atom. The topological polar surface area (TPSA) is 50.1 Å². The summed E-state index contributed by atoms with van der Waals surface area (Å²) < 4.78 is 17.5. The van der Waals surface area contributed by atoms with Crippen LogP contribution >= 0.6 is 0 Å². The van der Waals surface area contributed by atoms with Gasteiger partial charge in [-0.3, -0.25) is 4.21 Å². The van der Waals surface area contributed by atoms with E-state index in [2.05, 4.69) is 6.07 Å². The van der Waals surface area contributed by atoms with Gasteiger partial charge >= 0.3 is 0 Å². The standard InChI is InChI=1S/C17H17NO2S/c18-11-10-15-6-8-17(9-7-15)20-12-13-21(19)14-16-4-2-1-3-5-16/h1-9H,10,12-14H2. The molecule has 0 aliphatic heterocycles. The molecule has 0 saturated heterocycles. The van der Waals surface area contributed by atoms with Crippen molar-refractivity contribution in [2.24, 2.45) is 0 Å².